The number of rotatable bonds is 3. The van der Waals surface area contributed by atoms with Crippen molar-refractivity contribution in [1.82, 2.24) is 25.1 Å². The maximum Gasteiger partial charge on any atom is 0.245 e. The number of aromatic nitrogens is 4. The molecule has 2 aromatic heterocycles. The fourth-order valence-corrected chi connectivity index (χ4v) is 3.85. The molecule has 3 heterocycles. The molecule has 1 N–H and O–H groups in total. The summed E-state index contributed by atoms with van der Waals surface area (Å²) in [6.45, 7) is 7.07. The number of H-pyrrole nitrogens is 1. The van der Waals surface area contributed by atoms with Crippen molar-refractivity contribution in [2.24, 2.45) is 0 Å². The zero-order valence-electron chi connectivity index (χ0n) is 15.5. The van der Waals surface area contributed by atoms with Crippen molar-refractivity contribution in [1.29, 1.82) is 0 Å². The Morgan fingerprint density at radius 3 is 2.93 bits per heavy atom. The standard InChI is InChI=1S/C22H19N5O/c1-3-20(28)27-11-16(12-27)14-5-7-18-15(8-14)9-23-22(25-18)21-13(2)4-6-19-17(21)10-24-26-19/h3-10,16H,1,11-12H2,2H3,(H,24,26). The summed E-state index contributed by atoms with van der Waals surface area (Å²) in [5.41, 5.74) is 5.22. The lowest BCUT2D eigenvalue weighted by molar-refractivity contribution is -0.130. The van der Waals surface area contributed by atoms with Crippen LogP contribution in [0.4, 0.5) is 0 Å². The Bertz CT molecular complexity index is 1240. The van der Waals surface area contributed by atoms with Crippen molar-refractivity contribution in [3.8, 4) is 11.4 Å². The minimum Gasteiger partial charge on any atom is -0.338 e. The summed E-state index contributed by atoms with van der Waals surface area (Å²) >= 11 is 0. The van der Waals surface area contributed by atoms with Gasteiger partial charge in [-0.3, -0.25) is 9.89 Å². The first-order chi connectivity index (χ1) is 13.6. The molecule has 0 aliphatic carbocycles. The van der Waals surface area contributed by atoms with Crippen molar-refractivity contribution >= 4 is 27.7 Å². The average Bonchev–Trinajstić information content (AvgIpc) is 3.15. The third-order valence-corrected chi connectivity index (χ3v) is 5.50. The van der Waals surface area contributed by atoms with E-state index in [1.54, 1.807) is 4.90 Å². The van der Waals surface area contributed by atoms with Gasteiger partial charge in [0.05, 0.1) is 17.2 Å². The van der Waals surface area contributed by atoms with Gasteiger partial charge in [0.25, 0.3) is 0 Å². The predicted molar refractivity (Wildman–Crippen MR) is 109 cm³/mol. The number of carbonyl (C=O) groups is 1. The van der Waals surface area contributed by atoms with Crippen LogP contribution in [0.15, 0.2) is 55.4 Å². The molecular weight excluding hydrogens is 350 g/mol. The summed E-state index contributed by atoms with van der Waals surface area (Å²) < 4.78 is 0. The van der Waals surface area contributed by atoms with Gasteiger partial charge in [-0.15, -0.1) is 0 Å². The fourth-order valence-electron chi connectivity index (χ4n) is 3.85. The molecule has 5 rings (SSSR count). The van der Waals surface area contributed by atoms with E-state index in [9.17, 15) is 4.79 Å². The number of aryl methyl sites for hydroxylation is 1. The molecule has 138 valence electrons. The van der Waals surface area contributed by atoms with E-state index < -0.39 is 0 Å². The minimum atomic E-state index is -0.00573. The van der Waals surface area contributed by atoms with Crippen LogP contribution in [0.3, 0.4) is 0 Å². The van der Waals surface area contributed by atoms with Gasteiger partial charge in [-0.1, -0.05) is 18.7 Å². The van der Waals surface area contributed by atoms with Crippen molar-refractivity contribution in [3.05, 3.63) is 66.5 Å². The smallest absolute Gasteiger partial charge is 0.245 e. The molecular formula is C22H19N5O. The summed E-state index contributed by atoms with van der Waals surface area (Å²) in [6.07, 6.45) is 5.07. The van der Waals surface area contributed by atoms with Gasteiger partial charge in [-0.05, 0) is 42.3 Å². The largest absolute Gasteiger partial charge is 0.338 e. The Morgan fingerprint density at radius 1 is 1.25 bits per heavy atom. The molecule has 1 amide bonds. The summed E-state index contributed by atoms with van der Waals surface area (Å²) in [6, 6.07) is 10.3. The van der Waals surface area contributed by atoms with Crippen LogP contribution in [-0.4, -0.2) is 44.1 Å². The Morgan fingerprint density at radius 2 is 2.11 bits per heavy atom. The van der Waals surface area contributed by atoms with E-state index in [2.05, 4.69) is 46.9 Å². The maximum atomic E-state index is 11.6. The number of benzene rings is 2. The SMILES string of the molecule is C=CC(=O)N1CC(c2ccc3nc(-c4c(C)ccc5[nH]ncc45)ncc3c2)C1. The molecule has 2 aromatic carbocycles. The molecule has 6 nitrogen and oxygen atoms in total. The Hall–Kier alpha value is -3.54. The molecule has 0 atom stereocenters. The second-order valence-corrected chi connectivity index (χ2v) is 7.24. The van der Waals surface area contributed by atoms with Gasteiger partial charge in [0.2, 0.25) is 5.91 Å². The van der Waals surface area contributed by atoms with Gasteiger partial charge >= 0.3 is 0 Å². The summed E-state index contributed by atoms with van der Waals surface area (Å²) in [5, 5.41) is 9.18. The Kier molecular flexibility index (Phi) is 3.72. The molecule has 1 fully saturated rings. The summed E-state index contributed by atoms with van der Waals surface area (Å²) in [5.74, 6) is 1.06. The molecule has 0 saturated carbocycles. The average molecular weight is 369 g/mol. The maximum absolute atomic E-state index is 11.6. The number of aromatic amines is 1. The van der Waals surface area contributed by atoms with Crippen LogP contribution < -0.4 is 0 Å². The normalized spacial score (nSPS) is 14.4. The van der Waals surface area contributed by atoms with Gasteiger partial charge in [0.1, 0.15) is 0 Å². The van der Waals surface area contributed by atoms with Gasteiger partial charge in [0.15, 0.2) is 5.82 Å². The first-order valence-corrected chi connectivity index (χ1v) is 9.25. The number of nitrogens with zero attached hydrogens (tertiary/aromatic N) is 4. The van der Waals surface area contributed by atoms with Crippen LogP contribution in [0.2, 0.25) is 0 Å². The summed E-state index contributed by atoms with van der Waals surface area (Å²) in [7, 11) is 0. The molecule has 1 aliphatic heterocycles. The van der Waals surface area contributed by atoms with Crippen LogP contribution in [-0.2, 0) is 4.79 Å². The molecule has 0 spiro atoms. The third kappa shape index (κ3) is 2.57. The molecule has 4 aromatic rings. The number of fused-ring (bicyclic) bond motifs is 2. The predicted octanol–water partition coefficient (Wildman–Crippen LogP) is 3.59. The number of amides is 1. The molecule has 0 unspecified atom stereocenters. The topological polar surface area (TPSA) is 74.8 Å². The minimum absolute atomic E-state index is 0.00573. The third-order valence-electron chi connectivity index (χ3n) is 5.50. The quantitative estimate of drug-likeness (QED) is 0.560. The summed E-state index contributed by atoms with van der Waals surface area (Å²) in [4.78, 5) is 22.9. The van der Waals surface area contributed by atoms with Gasteiger partial charge in [-0.2, -0.15) is 5.10 Å². The monoisotopic (exact) mass is 369 g/mol. The molecule has 0 radical (unpaired) electrons. The highest BCUT2D eigenvalue weighted by Crippen LogP contribution is 2.32. The van der Waals surface area contributed by atoms with Crippen LogP contribution in [0, 0.1) is 6.92 Å². The van der Waals surface area contributed by atoms with E-state index in [1.165, 1.54) is 11.6 Å². The van der Waals surface area contributed by atoms with Crippen LogP contribution >= 0.6 is 0 Å². The molecule has 6 heteroatoms. The number of likely N-dealkylation sites (tertiary alicyclic amines) is 1. The number of hydrogen-bond acceptors (Lipinski definition) is 4. The molecule has 0 bridgehead atoms. The van der Waals surface area contributed by atoms with Crippen molar-refractivity contribution < 1.29 is 4.79 Å². The van der Waals surface area contributed by atoms with Gasteiger partial charge in [0, 0.05) is 41.5 Å². The van der Waals surface area contributed by atoms with Gasteiger partial charge in [-0.25, -0.2) is 9.97 Å². The number of carbonyl (C=O) groups excluding carboxylic acids is 1. The van der Waals surface area contributed by atoms with E-state index in [1.807, 2.05) is 24.5 Å². The zero-order chi connectivity index (χ0) is 19.3. The second kappa shape index (κ2) is 6.27. The molecule has 1 aliphatic rings. The van der Waals surface area contributed by atoms with E-state index in [4.69, 9.17) is 4.98 Å². The van der Waals surface area contributed by atoms with E-state index >= 15 is 0 Å². The lowest BCUT2D eigenvalue weighted by atomic mass is 9.90. The van der Waals surface area contributed by atoms with Crippen molar-refractivity contribution in [3.63, 3.8) is 0 Å². The van der Waals surface area contributed by atoms with Crippen molar-refractivity contribution in [2.75, 3.05) is 13.1 Å². The highest BCUT2D eigenvalue weighted by atomic mass is 16.2. The van der Waals surface area contributed by atoms with Crippen LogP contribution in [0.5, 0.6) is 0 Å². The zero-order valence-corrected chi connectivity index (χ0v) is 15.5. The lowest BCUT2D eigenvalue weighted by Crippen LogP contribution is -2.47. The Balaban J connectivity index is 1.49. The number of nitrogens with one attached hydrogen (secondary N) is 1. The highest BCUT2D eigenvalue weighted by Gasteiger charge is 2.30. The van der Waals surface area contributed by atoms with E-state index in [0.717, 1.165) is 46.0 Å². The van der Waals surface area contributed by atoms with E-state index in [0.29, 0.717) is 11.7 Å². The van der Waals surface area contributed by atoms with Crippen LogP contribution in [0.25, 0.3) is 33.2 Å². The second-order valence-electron chi connectivity index (χ2n) is 7.24. The first kappa shape index (κ1) is 16.6. The van der Waals surface area contributed by atoms with Gasteiger partial charge < -0.3 is 4.90 Å². The number of hydrogen-bond donors (Lipinski definition) is 1. The van der Waals surface area contributed by atoms with Crippen LogP contribution in [0.1, 0.15) is 17.0 Å². The Labute approximate surface area is 161 Å². The fraction of sp³-hybridized carbons (Fsp3) is 0.182. The first-order valence-electron chi connectivity index (χ1n) is 9.25. The highest BCUT2D eigenvalue weighted by molar-refractivity contribution is 5.95. The van der Waals surface area contributed by atoms with Crippen molar-refractivity contribution in [2.45, 2.75) is 12.8 Å². The molecule has 28 heavy (non-hydrogen) atoms. The van der Waals surface area contributed by atoms with E-state index in [-0.39, 0.29) is 5.91 Å². The molecule has 1 saturated heterocycles. The lowest BCUT2D eigenvalue weighted by Gasteiger charge is -2.39.